The Labute approximate surface area is 142 Å². The van der Waals surface area contributed by atoms with Gasteiger partial charge < -0.3 is 9.47 Å². The number of esters is 1. The maximum absolute atomic E-state index is 12.2. The first-order chi connectivity index (χ1) is 11.1. The number of carbonyl (C=O) groups is 2. The van der Waals surface area contributed by atoms with E-state index in [4.69, 9.17) is 9.47 Å². The van der Waals surface area contributed by atoms with Gasteiger partial charge in [-0.25, -0.2) is 0 Å². The second-order valence-corrected chi connectivity index (χ2v) is 5.71. The van der Waals surface area contributed by atoms with E-state index in [9.17, 15) is 9.59 Å². The van der Waals surface area contributed by atoms with Crippen LogP contribution >= 0.6 is 15.9 Å². The van der Waals surface area contributed by atoms with E-state index in [0.29, 0.717) is 11.3 Å². The molecule has 0 bridgehead atoms. The Hall–Kier alpha value is -2.21. The lowest BCUT2D eigenvalue weighted by molar-refractivity contribution is -0.144. The van der Waals surface area contributed by atoms with Crippen molar-refractivity contribution in [3.05, 3.63) is 58.3 Å². The number of ketones is 1. The number of aromatic nitrogens is 1. The molecule has 0 aliphatic carbocycles. The van der Waals surface area contributed by atoms with E-state index >= 15 is 0 Å². The molecule has 120 valence electrons. The molecule has 0 fully saturated rings. The zero-order chi connectivity index (χ0) is 16.7. The van der Waals surface area contributed by atoms with Crippen molar-refractivity contribution >= 4 is 27.7 Å². The molecule has 1 aromatic carbocycles. The van der Waals surface area contributed by atoms with Crippen LogP contribution < -0.4 is 4.74 Å². The predicted molar refractivity (Wildman–Crippen MR) is 88.3 cm³/mol. The summed E-state index contributed by atoms with van der Waals surface area (Å²) in [5.41, 5.74) is 1.25. The maximum Gasteiger partial charge on any atom is 0.306 e. The van der Waals surface area contributed by atoms with Gasteiger partial charge in [0, 0.05) is 28.9 Å². The summed E-state index contributed by atoms with van der Waals surface area (Å²) < 4.78 is 11.1. The topological polar surface area (TPSA) is 65.5 Å². The zero-order valence-corrected chi connectivity index (χ0v) is 14.2. The van der Waals surface area contributed by atoms with Crippen LogP contribution in [0.3, 0.4) is 0 Å². The Morgan fingerprint density at radius 3 is 2.74 bits per heavy atom. The van der Waals surface area contributed by atoms with Crippen LogP contribution in [0.2, 0.25) is 0 Å². The van der Waals surface area contributed by atoms with E-state index in [1.54, 1.807) is 36.7 Å². The third-order valence-electron chi connectivity index (χ3n) is 3.14. The number of halogens is 1. The number of hydrogen-bond donors (Lipinski definition) is 0. The normalized spacial score (nSPS) is 10.2. The smallest absolute Gasteiger partial charge is 0.306 e. The third kappa shape index (κ3) is 5.17. The van der Waals surface area contributed by atoms with Gasteiger partial charge in [-0.3, -0.25) is 14.6 Å². The average Bonchev–Trinajstić information content (AvgIpc) is 2.58. The number of rotatable bonds is 7. The van der Waals surface area contributed by atoms with E-state index in [0.717, 1.165) is 10.0 Å². The van der Waals surface area contributed by atoms with Crippen molar-refractivity contribution in [3.8, 4) is 5.75 Å². The molecule has 2 aromatic rings. The molecule has 0 saturated heterocycles. The number of benzene rings is 1. The number of Topliss-reactive ketones (excluding diaryl/α,β-unsaturated/α-hetero) is 1. The first-order valence-corrected chi connectivity index (χ1v) is 7.80. The van der Waals surface area contributed by atoms with Gasteiger partial charge in [-0.2, -0.15) is 0 Å². The molecule has 1 heterocycles. The molecule has 0 atom stereocenters. The van der Waals surface area contributed by atoms with Crippen molar-refractivity contribution in [2.75, 3.05) is 7.11 Å². The van der Waals surface area contributed by atoms with Crippen molar-refractivity contribution in [2.45, 2.75) is 19.4 Å². The van der Waals surface area contributed by atoms with Crippen LogP contribution in [-0.4, -0.2) is 23.8 Å². The van der Waals surface area contributed by atoms with Crippen molar-refractivity contribution in [2.24, 2.45) is 0 Å². The van der Waals surface area contributed by atoms with Crippen molar-refractivity contribution in [1.82, 2.24) is 4.98 Å². The molecule has 0 spiro atoms. The van der Waals surface area contributed by atoms with Crippen LogP contribution in [0, 0.1) is 0 Å². The Bertz CT molecular complexity index is 688. The number of methoxy groups -OCH3 is 1. The molecule has 0 radical (unpaired) electrons. The van der Waals surface area contributed by atoms with Crippen LogP contribution in [0.4, 0.5) is 0 Å². The molecule has 0 aliphatic rings. The van der Waals surface area contributed by atoms with E-state index < -0.39 is 5.97 Å². The van der Waals surface area contributed by atoms with Gasteiger partial charge in [-0.15, -0.1) is 0 Å². The van der Waals surface area contributed by atoms with E-state index in [1.807, 2.05) is 6.07 Å². The lowest BCUT2D eigenvalue weighted by Gasteiger charge is -2.08. The van der Waals surface area contributed by atoms with Gasteiger partial charge in [-0.05, 0) is 24.3 Å². The third-order valence-corrected chi connectivity index (χ3v) is 3.63. The Balaban J connectivity index is 1.86. The molecule has 6 heteroatoms. The average molecular weight is 378 g/mol. The predicted octanol–water partition coefficient (Wildman–Crippen LogP) is 3.56. The summed E-state index contributed by atoms with van der Waals surface area (Å²) in [6, 6.07) is 8.77. The Kier molecular flexibility index (Phi) is 6.29. The fourth-order valence-electron chi connectivity index (χ4n) is 1.97. The first-order valence-electron chi connectivity index (χ1n) is 7.01. The van der Waals surface area contributed by atoms with Gasteiger partial charge >= 0.3 is 5.97 Å². The number of nitrogens with zero attached hydrogens (tertiary/aromatic N) is 1. The highest BCUT2D eigenvalue weighted by molar-refractivity contribution is 9.10. The number of pyridine rings is 1. The van der Waals surface area contributed by atoms with Crippen molar-refractivity contribution < 1.29 is 19.1 Å². The zero-order valence-electron chi connectivity index (χ0n) is 12.6. The molecule has 0 amide bonds. The summed E-state index contributed by atoms with van der Waals surface area (Å²) >= 11 is 3.32. The van der Waals surface area contributed by atoms with Crippen LogP contribution in [-0.2, 0) is 16.1 Å². The molecule has 0 unspecified atom stereocenters. The minimum atomic E-state index is -0.420. The maximum atomic E-state index is 12.2. The van der Waals surface area contributed by atoms with Gasteiger partial charge in [-0.1, -0.05) is 22.0 Å². The largest absolute Gasteiger partial charge is 0.496 e. The fraction of sp³-hybridized carbons (Fsp3) is 0.235. The van der Waals surface area contributed by atoms with Gasteiger partial charge in [0.05, 0.1) is 19.1 Å². The van der Waals surface area contributed by atoms with Crippen LogP contribution in [0.25, 0.3) is 0 Å². The number of carbonyl (C=O) groups excluding carboxylic acids is 2. The van der Waals surface area contributed by atoms with Gasteiger partial charge in [0.25, 0.3) is 0 Å². The van der Waals surface area contributed by atoms with Gasteiger partial charge in [0.1, 0.15) is 12.4 Å². The minimum absolute atomic E-state index is 0.0226. The highest BCUT2D eigenvalue weighted by atomic mass is 79.9. The van der Waals surface area contributed by atoms with Gasteiger partial charge in [0.2, 0.25) is 0 Å². The highest BCUT2D eigenvalue weighted by Gasteiger charge is 2.15. The SMILES string of the molecule is COc1ccc(Br)cc1C(=O)CCC(=O)OCc1cccnc1. The summed E-state index contributed by atoms with van der Waals surface area (Å²) in [6.07, 6.45) is 3.37. The summed E-state index contributed by atoms with van der Waals surface area (Å²) in [6.45, 7) is 0.154. The van der Waals surface area contributed by atoms with E-state index in [2.05, 4.69) is 20.9 Å². The first kappa shape index (κ1) is 17.1. The van der Waals surface area contributed by atoms with E-state index in [-0.39, 0.29) is 25.2 Å². The molecule has 0 N–H and O–H groups in total. The summed E-state index contributed by atoms with van der Waals surface area (Å²) in [4.78, 5) is 27.9. The molecule has 23 heavy (non-hydrogen) atoms. The molecule has 2 rings (SSSR count). The second kappa shape index (κ2) is 8.43. The lowest BCUT2D eigenvalue weighted by atomic mass is 10.1. The summed E-state index contributed by atoms with van der Waals surface area (Å²) in [7, 11) is 1.50. The standard InChI is InChI=1S/C17H16BrNO4/c1-22-16-6-4-13(18)9-14(16)15(20)5-7-17(21)23-11-12-3-2-8-19-10-12/h2-4,6,8-10H,5,7,11H2,1H3. The molecular weight excluding hydrogens is 362 g/mol. The highest BCUT2D eigenvalue weighted by Crippen LogP contribution is 2.24. The Morgan fingerprint density at radius 1 is 1.22 bits per heavy atom. The van der Waals surface area contributed by atoms with Gasteiger partial charge in [0.15, 0.2) is 5.78 Å². The monoisotopic (exact) mass is 377 g/mol. The molecular formula is C17H16BrNO4. The summed E-state index contributed by atoms with van der Waals surface area (Å²) in [5.74, 6) is -0.0976. The number of ether oxygens (including phenoxy) is 2. The van der Waals surface area contributed by atoms with Crippen molar-refractivity contribution in [3.63, 3.8) is 0 Å². The minimum Gasteiger partial charge on any atom is -0.496 e. The molecule has 0 aliphatic heterocycles. The van der Waals surface area contributed by atoms with Crippen LogP contribution in [0.5, 0.6) is 5.75 Å². The quantitative estimate of drug-likeness (QED) is 0.545. The fourth-order valence-corrected chi connectivity index (χ4v) is 2.33. The molecule has 1 aromatic heterocycles. The lowest BCUT2D eigenvalue weighted by Crippen LogP contribution is -2.09. The summed E-state index contributed by atoms with van der Waals surface area (Å²) in [5, 5.41) is 0. The van der Waals surface area contributed by atoms with Crippen molar-refractivity contribution in [1.29, 1.82) is 0 Å². The second-order valence-electron chi connectivity index (χ2n) is 4.79. The molecule has 0 saturated carbocycles. The number of hydrogen-bond acceptors (Lipinski definition) is 5. The van der Waals surface area contributed by atoms with Crippen LogP contribution in [0.15, 0.2) is 47.2 Å². The Morgan fingerprint density at radius 2 is 2.04 bits per heavy atom. The molecule has 5 nitrogen and oxygen atoms in total. The van der Waals surface area contributed by atoms with Crippen LogP contribution in [0.1, 0.15) is 28.8 Å². The van der Waals surface area contributed by atoms with E-state index in [1.165, 1.54) is 7.11 Å².